The number of nitrogens with zero attached hydrogens (tertiary/aromatic N) is 1. The first kappa shape index (κ1) is 16.3. The van der Waals surface area contributed by atoms with Gasteiger partial charge in [-0.25, -0.2) is 0 Å². The molecule has 1 aliphatic rings. The van der Waals surface area contributed by atoms with E-state index in [1.54, 1.807) is 17.0 Å². The summed E-state index contributed by atoms with van der Waals surface area (Å²) in [6.45, 7) is 4.83. The second-order valence-electron chi connectivity index (χ2n) is 6.40. The molecule has 1 saturated heterocycles. The van der Waals surface area contributed by atoms with Gasteiger partial charge < -0.3 is 14.6 Å². The Bertz CT molecular complexity index is 705. The van der Waals surface area contributed by atoms with E-state index in [0.717, 1.165) is 12.1 Å². The van der Waals surface area contributed by atoms with Crippen molar-refractivity contribution in [1.29, 1.82) is 0 Å². The fraction of sp³-hybridized carbons (Fsp3) is 0.368. The number of carbonyl (C=O) groups excluding carboxylic acids is 2. The van der Waals surface area contributed by atoms with Crippen LogP contribution < -0.4 is 5.32 Å². The van der Waals surface area contributed by atoms with Crippen molar-refractivity contribution in [2.45, 2.75) is 38.6 Å². The number of nitrogens with one attached hydrogen (secondary N) is 1. The SMILES string of the molecule is CC(C)c1ccc(NC(=O)C2CCCN2C(=O)c2ccco2)cc1. The van der Waals surface area contributed by atoms with Crippen LogP contribution in [0.3, 0.4) is 0 Å². The van der Waals surface area contributed by atoms with Gasteiger partial charge in [-0.05, 0) is 48.6 Å². The lowest BCUT2D eigenvalue weighted by Gasteiger charge is -2.23. The minimum atomic E-state index is -0.452. The quantitative estimate of drug-likeness (QED) is 0.933. The van der Waals surface area contributed by atoms with Crippen LogP contribution in [0.15, 0.2) is 47.1 Å². The maximum absolute atomic E-state index is 12.6. The van der Waals surface area contributed by atoms with Crippen molar-refractivity contribution in [1.82, 2.24) is 4.90 Å². The second-order valence-corrected chi connectivity index (χ2v) is 6.40. The van der Waals surface area contributed by atoms with Crippen LogP contribution in [0.4, 0.5) is 5.69 Å². The molecule has 1 atom stereocenters. The van der Waals surface area contributed by atoms with E-state index in [2.05, 4.69) is 19.2 Å². The summed E-state index contributed by atoms with van der Waals surface area (Å²) in [5, 5.41) is 2.92. The summed E-state index contributed by atoms with van der Waals surface area (Å²) in [7, 11) is 0. The lowest BCUT2D eigenvalue weighted by atomic mass is 10.0. The molecule has 1 N–H and O–H groups in total. The smallest absolute Gasteiger partial charge is 0.290 e. The maximum atomic E-state index is 12.6. The number of amides is 2. The van der Waals surface area contributed by atoms with Gasteiger partial charge in [0.1, 0.15) is 6.04 Å². The van der Waals surface area contributed by atoms with Gasteiger partial charge >= 0.3 is 0 Å². The van der Waals surface area contributed by atoms with Crippen LogP contribution in [0.25, 0.3) is 0 Å². The molecular formula is C19H22N2O3. The van der Waals surface area contributed by atoms with E-state index in [9.17, 15) is 9.59 Å². The average molecular weight is 326 g/mol. The first-order valence-corrected chi connectivity index (χ1v) is 8.31. The normalized spacial score (nSPS) is 17.3. The van der Waals surface area contributed by atoms with Crippen molar-refractivity contribution < 1.29 is 14.0 Å². The number of anilines is 1. The number of carbonyl (C=O) groups is 2. The Labute approximate surface area is 141 Å². The van der Waals surface area contributed by atoms with E-state index in [-0.39, 0.29) is 17.6 Å². The van der Waals surface area contributed by atoms with Crippen LogP contribution >= 0.6 is 0 Å². The third-order valence-electron chi connectivity index (χ3n) is 4.39. The zero-order chi connectivity index (χ0) is 17.1. The molecule has 0 aliphatic carbocycles. The summed E-state index contributed by atoms with van der Waals surface area (Å²) in [6.07, 6.45) is 2.95. The number of benzene rings is 1. The van der Waals surface area contributed by atoms with Gasteiger partial charge in [-0.1, -0.05) is 26.0 Å². The van der Waals surface area contributed by atoms with Gasteiger partial charge in [-0.2, -0.15) is 0 Å². The molecule has 1 aromatic carbocycles. The number of furan rings is 1. The summed E-state index contributed by atoms with van der Waals surface area (Å²) in [6, 6.07) is 10.7. The van der Waals surface area contributed by atoms with Crippen LogP contribution in [0.5, 0.6) is 0 Å². The third kappa shape index (κ3) is 3.35. The highest BCUT2D eigenvalue weighted by atomic mass is 16.3. The Morgan fingerprint density at radius 1 is 1.21 bits per heavy atom. The lowest BCUT2D eigenvalue weighted by Crippen LogP contribution is -2.43. The number of likely N-dealkylation sites (tertiary alicyclic amines) is 1. The highest BCUT2D eigenvalue weighted by Gasteiger charge is 2.35. The molecule has 5 nitrogen and oxygen atoms in total. The van der Waals surface area contributed by atoms with Gasteiger partial charge in [-0.3, -0.25) is 9.59 Å². The molecule has 0 spiro atoms. The van der Waals surface area contributed by atoms with E-state index >= 15 is 0 Å². The van der Waals surface area contributed by atoms with Crippen LogP contribution in [0.1, 0.15) is 48.7 Å². The minimum absolute atomic E-state index is 0.148. The van der Waals surface area contributed by atoms with Gasteiger partial charge in [0.05, 0.1) is 6.26 Å². The largest absolute Gasteiger partial charge is 0.459 e. The van der Waals surface area contributed by atoms with E-state index in [0.29, 0.717) is 18.9 Å². The van der Waals surface area contributed by atoms with Crippen molar-refractivity contribution >= 4 is 17.5 Å². The predicted octanol–water partition coefficient (Wildman–Crippen LogP) is 3.65. The molecule has 0 bridgehead atoms. The Balaban J connectivity index is 1.68. The Morgan fingerprint density at radius 2 is 1.96 bits per heavy atom. The average Bonchev–Trinajstić information content (AvgIpc) is 3.26. The molecule has 126 valence electrons. The molecule has 1 aromatic heterocycles. The Morgan fingerprint density at radius 3 is 2.58 bits per heavy atom. The summed E-state index contributed by atoms with van der Waals surface area (Å²) in [5.41, 5.74) is 1.98. The second kappa shape index (κ2) is 6.91. The third-order valence-corrected chi connectivity index (χ3v) is 4.39. The van der Waals surface area contributed by atoms with Crippen LogP contribution in [-0.4, -0.2) is 29.3 Å². The van der Waals surface area contributed by atoms with Gasteiger partial charge in [0.15, 0.2) is 5.76 Å². The first-order chi connectivity index (χ1) is 11.6. The van der Waals surface area contributed by atoms with Crippen molar-refractivity contribution in [2.75, 3.05) is 11.9 Å². The zero-order valence-electron chi connectivity index (χ0n) is 14.0. The van der Waals surface area contributed by atoms with E-state index < -0.39 is 6.04 Å². The lowest BCUT2D eigenvalue weighted by molar-refractivity contribution is -0.119. The number of hydrogen-bond donors (Lipinski definition) is 1. The summed E-state index contributed by atoms with van der Waals surface area (Å²) in [4.78, 5) is 26.6. The van der Waals surface area contributed by atoms with Gasteiger partial charge in [0.2, 0.25) is 5.91 Å². The van der Waals surface area contributed by atoms with Crippen LogP contribution in [0.2, 0.25) is 0 Å². The fourth-order valence-corrected chi connectivity index (χ4v) is 3.00. The van der Waals surface area contributed by atoms with Crippen molar-refractivity contribution in [3.05, 3.63) is 54.0 Å². The van der Waals surface area contributed by atoms with E-state index in [4.69, 9.17) is 4.42 Å². The molecule has 1 aliphatic heterocycles. The summed E-state index contributed by atoms with van der Waals surface area (Å²) < 4.78 is 5.17. The molecular weight excluding hydrogens is 304 g/mol. The van der Waals surface area contributed by atoms with Gasteiger partial charge in [-0.15, -0.1) is 0 Å². The summed E-state index contributed by atoms with van der Waals surface area (Å²) >= 11 is 0. The molecule has 0 saturated carbocycles. The number of rotatable bonds is 4. The predicted molar refractivity (Wildman–Crippen MR) is 91.9 cm³/mol. The van der Waals surface area contributed by atoms with Crippen molar-refractivity contribution in [3.8, 4) is 0 Å². The molecule has 0 radical (unpaired) electrons. The topological polar surface area (TPSA) is 62.6 Å². The Kier molecular flexibility index (Phi) is 4.69. The molecule has 1 unspecified atom stereocenters. The van der Waals surface area contributed by atoms with Gasteiger partial charge in [0.25, 0.3) is 5.91 Å². The highest BCUT2D eigenvalue weighted by molar-refractivity contribution is 6.00. The molecule has 3 rings (SSSR count). The van der Waals surface area contributed by atoms with Gasteiger partial charge in [0, 0.05) is 12.2 Å². The minimum Gasteiger partial charge on any atom is -0.459 e. The highest BCUT2D eigenvalue weighted by Crippen LogP contribution is 2.23. The number of hydrogen-bond acceptors (Lipinski definition) is 3. The molecule has 24 heavy (non-hydrogen) atoms. The monoisotopic (exact) mass is 326 g/mol. The standard InChI is InChI=1S/C19H22N2O3/c1-13(2)14-7-9-15(10-8-14)20-18(22)16-5-3-11-21(16)19(23)17-6-4-12-24-17/h4,6-10,12-13,16H,3,5,11H2,1-2H3,(H,20,22). The molecule has 2 amide bonds. The molecule has 2 heterocycles. The molecule has 1 fully saturated rings. The Hall–Kier alpha value is -2.56. The van der Waals surface area contributed by atoms with Crippen molar-refractivity contribution in [2.24, 2.45) is 0 Å². The zero-order valence-corrected chi connectivity index (χ0v) is 14.0. The van der Waals surface area contributed by atoms with E-state index in [1.165, 1.54) is 11.8 Å². The van der Waals surface area contributed by atoms with Crippen LogP contribution in [0, 0.1) is 0 Å². The molecule has 2 aromatic rings. The van der Waals surface area contributed by atoms with Crippen molar-refractivity contribution in [3.63, 3.8) is 0 Å². The maximum Gasteiger partial charge on any atom is 0.290 e. The first-order valence-electron chi connectivity index (χ1n) is 8.31. The summed E-state index contributed by atoms with van der Waals surface area (Å²) in [5.74, 6) is 0.347. The van der Waals surface area contributed by atoms with E-state index in [1.807, 2.05) is 24.3 Å². The van der Waals surface area contributed by atoms with Crippen LogP contribution in [-0.2, 0) is 4.79 Å². The fourth-order valence-electron chi connectivity index (χ4n) is 3.00. The molecule has 5 heteroatoms.